The van der Waals surface area contributed by atoms with Crippen LogP contribution in [0, 0.1) is 5.92 Å². The van der Waals surface area contributed by atoms with Crippen molar-refractivity contribution in [3.8, 4) is 0 Å². The Kier molecular flexibility index (Phi) is 7.00. The van der Waals surface area contributed by atoms with Gasteiger partial charge in [0, 0.05) is 6.54 Å². The molecule has 1 unspecified atom stereocenters. The molecule has 0 saturated heterocycles. The molecular weight excluding hydrogens is 208 g/mol. The second kappa shape index (κ2) is 7.73. The van der Waals surface area contributed by atoms with Crippen LogP contribution < -0.4 is 10.6 Å². The first-order valence-electron chi connectivity index (χ1n) is 5.35. The molecular formula is C11H20N2O3. The van der Waals surface area contributed by atoms with E-state index in [1.807, 2.05) is 0 Å². The lowest BCUT2D eigenvalue weighted by atomic mass is 10.1. The van der Waals surface area contributed by atoms with Gasteiger partial charge in [-0.3, -0.25) is 0 Å². The predicted molar refractivity (Wildman–Crippen MR) is 62.2 cm³/mol. The number of hydrogen-bond acceptors (Lipinski definition) is 2. The number of carbonyl (C=O) groups is 2. The summed E-state index contributed by atoms with van der Waals surface area (Å²) in [4.78, 5) is 22.0. The monoisotopic (exact) mass is 228 g/mol. The zero-order valence-electron chi connectivity index (χ0n) is 9.82. The Balaban J connectivity index is 3.91. The Morgan fingerprint density at radius 2 is 2.06 bits per heavy atom. The van der Waals surface area contributed by atoms with Crippen LogP contribution in [0.4, 0.5) is 4.79 Å². The van der Waals surface area contributed by atoms with E-state index in [4.69, 9.17) is 5.11 Å². The second-order valence-corrected chi connectivity index (χ2v) is 4.00. The molecule has 0 saturated carbocycles. The van der Waals surface area contributed by atoms with Gasteiger partial charge in [-0.15, -0.1) is 6.58 Å². The summed E-state index contributed by atoms with van der Waals surface area (Å²) in [6, 6.07) is -1.36. The Labute approximate surface area is 95.9 Å². The van der Waals surface area contributed by atoms with Gasteiger partial charge in [0.15, 0.2) is 0 Å². The first kappa shape index (κ1) is 14.5. The molecule has 2 amide bonds. The van der Waals surface area contributed by atoms with E-state index in [-0.39, 0.29) is 6.42 Å². The van der Waals surface area contributed by atoms with Gasteiger partial charge >= 0.3 is 12.0 Å². The van der Waals surface area contributed by atoms with Crippen molar-refractivity contribution in [2.45, 2.75) is 32.7 Å². The van der Waals surface area contributed by atoms with Crippen LogP contribution in [0.1, 0.15) is 26.7 Å². The Morgan fingerprint density at radius 3 is 2.50 bits per heavy atom. The minimum Gasteiger partial charge on any atom is -0.480 e. The van der Waals surface area contributed by atoms with Crippen LogP contribution >= 0.6 is 0 Å². The first-order chi connectivity index (χ1) is 7.47. The van der Waals surface area contributed by atoms with Gasteiger partial charge in [-0.05, 0) is 18.8 Å². The maximum Gasteiger partial charge on any atom is 0.326 e. The van der Waals surface area contributed by atoms with Gasteiger partial charge in [0.1, 0.15) is 6.04 Å². The Morgan fingerprint density at radius 1 is 1.44 bits per heavy atom. The third kappa shape index (κ3) is 6.86. The highest BCUT2D eigenvalue weighted by Gasteiger charge is 2.17. The molecule has 0 aliphatic rings. The lowest BCUT2D eigenvalue weighted by Gasteiger charge is -2.13. The molecule has 3 N–H and O–H groups in total. The number of amides is 2. The van der Waals surface area contributed by atoms with Gasteiger partial charge in [0.05, 0.1) is 0 Å². The highest BCUT2D eigenvalue weighted by atomic mass is 16.4. The van der Waals surface area contributed by atoms with Crippen molar-refractivity contribution < 1.29 is 14.7 Å². The number of urea groups is 1. The van der Waals surface area contributed by atoms with Gasteiger partial charge in [0.2, 0.25) is 0 Å². The molecule has 0 spiro atoms. The normalized spacial score (nSPS) is 11.9. The number of hydrogen-bond donors (Lipinski definition) is 3. The molecule has 0 aliphatic heterocycles. The molecule has 0 aromatic heterocycles. The van der Waals surface area contributed by atoms with E-state index in [1.165, 1.54) is 6.08 Å². The molecule has 5 nitrogen and oxygen atoms in total. The van der Waals surface area contributed by atoms with Crippen molar-refractivity contribution in [2.75, 3.05) is 6.54 Å². The average Bonchev–Trinajstić information content (AvgIpc) is 2.16. The van der Waals surface area contributed by atoms with E-state index < -0.39 is 18.0 Å². The van der Waals surface area contributed by atoms with Gasteiger partial charge in [-0.1, -0.05) is 19.9 Å². The van der Waals surface area contributed by atoms with E-state index in [9.17, 15) is 9.59 Å². The fourth-order valence-electron chi connectivity index (χ4n) is 1.07. The van der Waals surface area contributed by atoms with Crippen molar-refractivity contribution in [3.63, 3.8) is 0 Å². The van der Waals surface area contributed by atoms with Crippen LogP contribution in [0.2, 0.25) is 0 Å². The molecule has 0 aliphatic carbocycles. The number of carboxylic acids is 1. The summed E-state index contributed by atoms with van der Waals surface area (Å²) in [5.41, 5.74) is 0. The third-order valence-corrected chi connectivity index (χ3v) is 2.01. The van der Waals surface area contributed by atoms with Crippen molar-refractivity contribution in [1.29, 1.82) is 0 Å². The Bertz CT molecular complexity index is 252. The lowest BCUT2D eigenvalue weighted by molar-refractivity contribution is -0.139. The van der Waals surface area contributed by atoms with E-state index >= 15 is 0 Å². The van der Waals surface area contributed by atoms with Crippen LogP contribution in [0.25, 0.3) is 0 Å². The van der Waals surface area contributed by atoms with Gasteiger partial charge in [-0.25, -0.2) is 9.59 Å². The number of nitrogens with one attached hydrogen (secondary N) is 2. The van der Waals surface area contributed by atoms with Gasteiger partial charge < -0.3 is 15.7 Å². The summed E-state index contributed by atoms with van der Waals surface area (Å²) in [6.45, 7) is 8.09. The number of carboxylic acid groups (broad SMARTS) is 1. The molecule has 92 valence electrons. The molecule has 0 fully saturated rings. The molecule has 0 aromatic carbocycles. The SMILES string of the molecule is C=CCC(NC(=O)NCCC(C)C)C(=O)O. The minimum absolute atomic E-state index is 0.215. The maximum absolute atomic E-state index is 11.3. The topological polar surface area (TPSA) is 78.4 Å². The van der Waals surface area contributed by atoms with E-state index in [1.54, 1.807) is 0 Å². The van der Waals surface area contributed by atoms with Crippen LogP contribution in [0.3, 0.4) is 0 Å². The van der Waals surface area contributed by atoms with Crippen LogP contribution in [0.15, 0.2) is 12.7 Å². The summed E-state index contributed by atoms with van der Waals surface area (Å²) in [6.07, 6.45) is 2.55. The van der Waals surface area contributed by atoms with Crippen molar-refractivity contribution >= 4 is 12.0 Å². The van der Waals surface area contributed by atoms with Crippen molar-refractivity contribution in [3.05, 3.63) is 12.7 Å². The van der Waals surface area contributed by atoms with Crippen molar-refractivity contribution in [2.24, 2.45) is 5.92 Å². The van der Waals surface area contributed by atoms with Crippen molar-refractivity contribution in [1.82, 2.24) is 10.6 Å². The average molecular weight is 228 g/mol. The molecule has 16 heavy (non-hydrogen) atoms. The third-order valence-electron chi connectivity index (χ3n) is 2.01. The minimum atomic E-state index is -1.06. The summed E-state index contributed by atoms with van der Waals surface area (Å²) < 4.78 is 0. The smallest absolute Gasteiger partial charge is 0.326 e. The summed E-state index contributed by atoms with van der Waals surface area (Å²) >= 11 is 0. The Hall–Kier alpha value is -1.52. The highest BCUT2D eigenvalue weighted by molar-refractivity contribution is 5.82. The summed E-state index contributed by atoms with van der Waals surface area (Å²) in [5, 5.41) is 13.8. The van der Waals surface area contributed by atoms with E-state index in [0.717, 1.165) is 6.42 Å². The molecule has 0 rings (SSSR count). The lowest BCUT2D eigenvalue weighted by Crippen LogP contribution is -2.46. The first-order valence-corrected chi connectivity index (χ1v) is 5.35. The number of carbonyl (C=O) groups excluding carboxylic acids is 1. The zero-order chi connectivity index (χ0) is 12.6. The summed E-state index contributed by atoms with van der Waals surface area (Å²) in [7, 11) is 0. The number of rotatable bonds is 7. The molecule has 0 bridgehead atoms. The summed E-state index contributed by atoms with van der Waals surface area (Å²) in [5.74, 6) is -0.553. The largest absolute Gasteiger partial charge is 0.480 e. The van der Waals surface area contributed by atoms with Gasteiger partial charge in [-0.2, -0.15) is 0 Å². The standard InChI is InChI=1S/C11H20N2O3/c1-4-5-9(10(14)15)13-11(16)12-7-6-8(2)3/h4,8-9H,1,5-7H2,2-3H3,(H,14,15)(H2,12,13,16). The molecule has 5 heteroatoms. The fourth-order valence-corrected chi connectivity index (χ4v) is 1.07. The van der Waals surface area contributed by atoms with E-state index in [2.05, 4.69) is 31.1 Å². The van der Waals surface area contributed by atoms with Gasteiger partial charge in [0.25, 0.3) is 0 Å². The number of aliphatic carboxylic acids is 1. The maximum atomic E-state index is 11.3. The van der Waals surface area contributed by atoms with E-state index in [0.29, 0.717) is 12.5 Å². The molecule has 0 aromatic rings. The highest BCUT2D eigenvalue weighted by Crippen LogP contribution is 1.97. The molecule has 0 heterocycles. The zero-order valence-corrected chi connectivity index (χ0v) is 9.82. The van der Waals surface area contributed by atoms with Crippen LogP contribution in [0.5, 0.6) is 0 Å². The van der Waals surface area contributed by atoms with Crippen LogP contribution in [-0.2, 0) is 4.79 Å². The molecule has 0 radical (unpaired) electrons. The van der Waals surface area contributed by atoms with Crippen LogP contribution in [-0.4, -0.2) is 29.7 Å². The fraction of sp³-hybridized carbons (Fsp3) is 0.636. The second-order valence-electron chi connectivity index (χ2n) is 4.00. The quantitative estimate of drug-likeness (QED) is 0.576. The predicted octanol–water partition coefficient (Wildman–Crippen LogP) is 1.36. The molecule has 1 atom stereocenters.